The lowest BCUT2D eigenvalue weighted by Gasteiger charge is -1.96. The summed E-state index contributed by atoms with van der Waals surface area (Å²) in [6.45, 7) is 1.90. The maximum Gasteiger partial charge on any atom is 0.262 e. The molecule has 0 saturated heterocycles. The van der Waals surface area contributed by atoms with E-state index in [4.69, 9.17) is 4.52 Å². The number of benzene rings is 1. The van der Waals surface area contributed by atoms with Crippen LogP contribution >= 0.6 is 0 Å². The molecule has 0 atom stereocenters. The molecule has 1 N–H and O–H groups in total. The Bertz CT molecular complexity index is 707. The van der Waals surface area contributed by atoms with E-state index in [9.17, 15) is 5.11 Å². The van der Waals surface area contributed by atoms with Crippen molar-refractivity contribution in [2.24, 2.45) is 0 Å². The van der Waals surface area contributed by atoms with E-state index in [1.54, 1.807) is 36.7 Å². The Morgan fingerprint density at radius 1 is 1.05 bits per heavy atom. The van der Waals surface area contributed by atoms with Gasteiger partial charge in [-0.05, 0) is 24.6 Å². The highest BCUT2D eigenvalue weighted by Gasteiger charge is 2.14. The van der Waals surface area contributed by atoms with Crippen molar-refractivity contribution >= 4 is 0 Å². The summed E-state index contributed by atoms with van der Waals surface area (Å²) >= 11 is 0. The zero-order chi connectivity index (χ0) is 13.2. The van der Waals surface area contributed by atoms with E-state index in [0.29, 0.717) is 17.2 Å². The van der Waals surface area contributed by atoms with Gasteiger partial charge in [-0.1, -0.05) is 17.3 Å². The minimum Gasteiger partial charge on any atom is -0.507 e. The molecule has 19 heavy (non-hydrogen) atoms. The Labute approximate surface area is 108 Å². The van der Waals surface area contributed by atoms with E-state index in [1.165, 1.54) is 0 Å². The Kier molecular flexibility index (Phi) is 2.68. The molecule has 0 fully saturated rings. The summed E-state index contributed by atoms with van der Waals surface area (Å²) in [4.78, 5) is 12.4. The first-order valence-corrected chi connectivity index (χ1v) is 5.65. The third-order valence-corrected chi connectivity index (χ3v) is 2.54. The fraction of sp³-hybridized carbons (Fsp3) is 0.0769. The fourth-order valence-electron chi connectivity index (χ4n) is 1.59. The van der Waals surface area contributed by atoms with Crippen molar-refractivity contribution in [2.45, 2.75) is 6.92 Å². The lowest BCUT2D eigenvalue weighted by molar-refractivity contribution is 0.425. The maximum absolute atomic E-state index is 9.72. The maximum atomic E-state index is 9.72. The second-order valence-electron chi connectivity index (χ2n) is 4.02. The molecule has 2 heterocycles. The third kappa shape index (κ3) is 2.15. The van der Waals surface area contributed by atoms with Gasteiger partial charge in [-0.25, -0.2) is 9.97 Å². The van der Waals surface area contributed by atoms with Crippen LogP contribution in [0, 0.1) is 6.92 Å². The Morgan fingerprint density at radius 2 is 1.79 bits per heavy atom. The van der Waals surface area contributed by atoms with Crippen molar-refractivity contribution in [3.63, 3.8) is 0 Å². The van der Waals surface area contributed by atoms with E-state index >= 15 is 0 Å². The summed E-state index contributed by atoms with van der Waals surface area (Å²) in [5, 5.41) is 13.5. The second kappa shape index (κ2) is 4.49. The summed E-state index contributed by atoms with van der Waals surface area (Å²) in [6.07, 6.45) is 3.36. The molecule has 0 bridgehead atoms. The molecule has 0 radical (unpaired) electrons. The van der Waals surface area contributed by atoms with Gasteiger partial charge in [0, 0.05) is 12.4 Å². The summed E-state index contributed by atoms with van der Waals surface area (Å²) < 4.78 is 5.12. The van der Waals surface area contributed by atoms with E-state index in [0.717, 1.165) is 5.56 Å². The first-order chi connectivity index (χ1) is 9.24. The normalized spacial score (nSPS) is 10.6. The molecule has 3 rings (SSSR count). The molecule has 0 aliphatic rings. The molecule has 0 unspecified atom stereocenters. The van der Waals surface area contributed by atoms with Gasteiger partial charge in [0.15, 0.2) is 0 Å². The average Bonchev–Trinajstić information content (AvgIpc) is 2.89. The molecule has 3 aromatic rings. The molecule has 0 amide bonds. The quantitative estimate of drug-likeness (QED) is 0.754. The second-order valence-corrected chi connectivity index (χ2v) is 4.02. The van der Waals surface area contributed by atoms with Crippen LogP contribution in [0.1, 0.15) is 5.56 Å². The number of hydrogen-bond donors (Lipinski definition) is 1. The molecule has 0 spiro atoms. The molecular weight excluding hydrogens is 244 g/mol. The minimum absolute atomic E-state index is 0.0857. The monoisotopic (exact) mass is 254 g/mol. The van der Waals surface area contributed by atoms with Crippen molar-refractivity contribution in [2.75, 3.05) is 0 Å². The molecule has 2 aromatic heterocycles. The lowest BCUT2D eigenvalue weighted by Crippen LogP contribution is -1.90. The van der Waals surface area contributed by atoms with E-state index in [-0.39, 0.29) is 11.6 Å². The zero-order valence-corrected chi connectivity index (χ0v) is 10.1. The van der Waals surface area contributed by atoms with Gasteiger partial charge in [0.25, 0.3) is 5.89 Å². The van der Waals surface area contributed by atoms with Crippen LogP contribution in [0.4, 0.5) is 0 Å². The van der Waals surface area contributed by atoms with Crippen LogP contribution in [0.2, 0.25) is 0 Å². The van der Waals surface area contributed by atoms with Crippen LogP contribution in [0.15, 0.2) is 41.2 Å². The fourth-order valence-corrected chi connectivity index (χ4v) is 1.59. The molecular formula is C13H10N4O2. The van der Waals surface area contributed by atoms with Crippen molar-refractivity contribution in [3.05, 3.63) is 42.2 Å². The van der Waals surface area contributed by atoms with E-state index < -0.39 is 0 Å². The van der Waals surface area contributed by atoms with E-state index in [1.807, 2.05) is 6.92 Å². The number of nitrogens with zero attached hydrogens (tertiary/aromatic N) is 4. The summed E-state index contributed by atoms with van der Waals surface area (Å²) in [7, 11) is 0. The van der Waals surface area contributed by atoms with Crippen LogP contribution < -0.4 is 0 Å². The number of rotatable bonds is 2. The number of phenols is 1. The van der Waals surface area contributed by atoms with Crippen molar-refractivity contribution in [3.8, 4) is 28.9 Å². The number of aromatic nitrogens is 4. The smallest absolute Gasteiger partial charge is 0.262 e. The number of phenolic OH excluding ortho intramolecular Hbond substituents is 1. The summed E-state index contributed by atoms with van der Waals surface area (Å²) in [5.41, 5.74) is 1.43. The molecule has 94 valence electrons. The standard InChI is InChI=1S/C13H10N4O2/c1-8-6-14-11(15-7-8)12-16-13(19-17-12)9-4-2-3-5-10(9)18/h2-7,18H,1H3. The highest BCUT2D eigenvalue weighted by atomic mass is 16.5. The Balaban J connectivity index is 2.00. The van der Waals surface area contributed by atoms with Gasteiger partial charge in [-0.15, -0.1) is 0 Å². The van der Waals surface area contributed by atoms with Crippen LogP contribution in [-0.4, -0.2) is 25.2 Å². The predicted octanol–water partition coefficient (Wildman–Crippen LogP) is 2.21. The Morgan fingerprint density at radius 3 is 2.53 bits per heavy atom. The third-order valence-electron chi connectivity index (χ3n) is 2.54. The Hall–Kier alpha value is -2.76. The van der Waals surface area contributed by atoms with Gasteiger partial charge in [-0.2, -0.15) is 4.98 Å². The van der Waals surface area contributed by atoms with Gasteiger partial charge < -0.3 is 9.63 Å². The van der Waals surface area contributed by atoms with Crippen molar-refractivity contribution in [1.29, 1.82) is 0 Å². The van der Waals surface area contributed by atoms with Gasteiger partial charge >= 0.3 is 0 Å². The first kappa shape index (κ1) is 11.3. The number of aromatic hydroxyl groups is 1. The van der Waals surface area contributed by atoms with Gasteiger partial charge in [0.05, 0.1) is 5.56 Å². The number of aryl methyl sites for hydroxylation is 1. The van der Waals surface area contributed by atoms with Crippen molar-refractivity contribution < 1.29 is 9.63 Å². The number of hydrogen-bond acceptors (Lipinski definition) is 6. The van der Waals surface area contributed by atoms with Gasteiger partial charge in [0.1, 0.15) is 5.75 Å². The average molecular weight is 254 g/mol. The van der Waals surface area contributed by atoms with Gasteiger partial charge in [-0.3, -0.25) is 0 Å². The van der Waals surface area contributed by atoms with E-state index in [2.05, 4.69) is 20.1 Å². The highest BCUT2D eigenvalue weighted by molar-refractivity contribution is 5.63. The molecule has 0 saturated carbocycles. The van der Waals surface area contributed by atoms with Crippen LogP contribution in [-0.2, 0) is 0 Å². The molecule has 6 heteroatoms. The lowest BCUT2D eigenvalue weighted by atomic mass is 10.2. The summed E-state index contributed by atoms with van der Waals surface area (Å²) in [6, 6.07) is 6.75. The van der Waals surface area contributed by atoms with Crippen LogP contribution in [0.25, 0.3) is 23.1 Å². The summed E-state index contributed by atoms with van der Waals surface area (Å²) in [5.74, 6) is 0.995. The minimum atomic E-state index is 0.0857. The number of para-hydroxylation sites is 1. The molecule has 6 nitrogen and oxygen atoms in total. The molecule has 0 aliphatic heterocycles. The largest absolute Gasteiger partial charge is 0.507 e. The van der Waals surface area contributed by atoms with Crippen LogP contribution in [0.5, 0.6) is 5.75 Å². The van der Waals surface area contributed by atoms with Crippen LogP contribution in [0.3, 0.4) is 0 Å². The SMILES string of the molecule is Cc1cnc(-c2noc(-c3ccccc3O)n2)nc1. The molecule has 0 aliphatic carbocycles. The predicted molar refractivity (Wildman–Crippen MR) is 67.2 cm³/mol. The first-order valence-electron chi connectivity index (χ1n) is 5.65. The van der Waals surface area contributed by atoms with Crippen molar-refractivity contribution in [1.82, 2.24) is 20.1 Å². The zero-order valence-electron chi connectivity index (χ0n) is 10.1. The molecule has 1 aromatic carbocycles. The topological polar surface area (TPSA) is 84.9 Å². The van der Waals surface area contributed by atoms with Gasteiger partial charge in [0.2, 0.25) is 11.6 Å². The highest BCUT2D eigenvalue weighted by Crippen LogP contribution is 2.28.